The fraction of sp³-hybridized carbons (Fsp3) is 0.360. The topological polar surface area (TPSA) is 62.7 Å². The number of carboxylic acid groups (broad SMARTS) is 1. The minimum atomic E-state index is -0.933. The van der Waals surface area contributed by atoms with Crippen LogP contribution in [-0.2, 0) is 29.1 Å². The van der Waals surface area contributed by atoms with E-state index in [0.717, 1.165) is 49.4 Å². The van der Waals surface area contributed by atoms with E-state index in [-0.39, 0.29) is 19.4 Å². The van der Waals surface area contributed by atoms with Crippen molar-refractivity contribution in [1.29, 1.82) is 0 Å². The predicted octanol–water partition coefficient (Wildman–Crippen LogP) is 5.23. The van der Waals surface area contributed by atoms with E-state index in [2.05, 4.69) is 16.0 Å². The summed E-state index contributed by atoms with van der Waals surface area (Å²) in [4.78, 5) is 17.3. The molecule has 0 atom stereocenters. The van der Waals surface area contributed by atoms with Gasteiger partial charge in [-0.15, -0.1) is 0 Å². The summed E-state index contributed by atoms with van der Waals surface area (Å²) in [5.74, 6) is -0.516. The molecule has 164 valence electrons. The average molecular weight is 425 g/mol. The molecule has 3 rings (SSSR count). The molecule has 1 aromatic heterocycles. The summed E-state index contributed by atoms with van der Waals surface area (Å²) in [6.45, 7) is 3.94. The molecule has 0 aliphatic carbocycles. The van der Waals surface area contributed by atoms with Crippen LogP contribution in [0.1, 0.15) is 49.3 Å². The number of halogens is 1. The maximum Gasteiger partial charge on any atom is 0.303 e. The van der Waals surface area contributed by atoms with E-state index in [9.17, 15) is 9.18 Å². The number of rotatable bonds is 9. The minimum Gasteiger partial charge on any atom is -0.487 e. The molecule has 31 heavy (non-hydrogen) atoms. The highest BCUT2D eigenvalue weighted by atomic mass is 19.1. The van der Waals surface area contributed by atoms with Crippen molar-refractivity contribution in [2.45, 2.75) is 52.2 Å². The van der Waals surface area contributed by atoms with Crippen molar-refractivity contribution in [3.63, 3.8) is 0 Å². The Morgan fingerprint density at radius 2 is 2.16 bits per heavy atom. The van der Waals surface area contributed by atoms with Gasteiger partial charge in [-0.3, -0.25) is 9.78 Å². The van der Waals surface area contributed by atoms with Crippen molar-refractivity contribution in [1.82, 2.24) is 9.88 Å². The number of ether oxygens (including phenoxy) is 1. The van der Waals surface area contributed by atoms with Crippen LogP contribution in [0, 0.1) is 5.82 Å². The number of benzene rings is 1. The van der Waals surface area contributed by atoms with Crippen LogP contribution in [0.4, 0.5) is 4.39 Å². The van der Waals surface area contributed by atoms with Crippen LogP contribution in [0.15, 0.2) is 66.3 Å². The summed E-state index contributed by atoms with van der Waals surface area (Å²) in [6.07, 6.45) is 10.8. The molecule has 1 aromatic carbocycles. The zero-order chi connectivity index (χ0) is 22.1. The van der Waals surface area contributed by atoms with Gasteiger partial charge < -0.3 is 14.7 Å². The van der Waals surface area contributed by atoms with Gasteiger partial charge in [0.25, 0.3) is 0 Å². The van der Waals surface area contributed by atoms with Gasteiger partial charge in [0, 0.05) is 31.9 Å². The molecular weight excluding hydrogens is 395 g/mol. The van der Waals surface area contributed by atoms with Gasteiger partial charge in [-0.1, -0.05) is 24.3 Å². The Morgan fingerprint density at radius 1 is 1.29 bits per heavy atom. The molecule has 1 saturated heterocycles. The van der Waals surface area contributed by atoms with E-state index in [0.29, 0.717) is 11.1 Å². The third-order valence-corrected chi connectivity index (χ3v) is 5.29. The molecule has 0 saturated carbocycles. The fourth-order valence-corrected chi connectivity index (χ4v) is 3.72. The molecule has 0 bridgehead atoms. The van der Waals surface area contributed by atoms with Gasteiger partial charge in [-0.2, -0.15) is 0 Å². The summed E-state index contributed by atoms with van der Waals surface area (Å²) in [7, 11) is 0. The molecular formula is C25H29FN2O3. The van der Waals surface area contributed by atoms with Crippen molar-refractivity contribution in [2.75, 3.05) is 6.54 Å². The largest absolute Gasteiger partial charge is 0.487 e. The fourth-order valence-electron chi connectivity index (χ4n) is 3.72. The number of hydrogen-bond donors (Lipinski definition) is 1. The monoisotopic (exact) mass is 424 g/mol. The van der Waals surface area contributed by atoms with E-state index in [4.69, 9.17) is 9.84 Å². The zero-order valence-electron chi connectivity index (χ0n) is 17.9. The van der Waals surface area contributed by atoms with E-state index in [1.165, 1.54) is 6.07 Å². The van der Waals surface area contributed by atoms with E-state index in [1.807, 2.05) is 31.3 Å². The van der Waals surface area contributed by atoms with Crippen LogP contribution in [0.5, 0.6) is 0 Å². The second kappa shape index (κ2) is 11.3. The molecule has 2 heterocycles. The lowest BCUT2D eigenvalue weighted by Crippen LogP contribution is -2.29. The van der Waals surface area contributed by atoms with Crippen LogP contribution >= 0.6 is 0 Å². The first-order valence-corrected chi connectivity index (χ1v) is 10.7. The average Bonchev–Trinajstić information content (AvgIpc) is 2.77. The smallest absolute Gasteiger partial charge is 0.303 e. The van der Waals surface area contributed by atoms with Crippen LogP contribution in [0.3, 0.4) is 0 Å². The summed E-state index contributed by atoms with van der Waals surface area (Å²) < 4.78 is 20.5. The number of aliphatic carboxylic acids is 1. The van der Waals surface area contributed by atoms with Gasteiger partial charge in [-0.25, -0.2) is 4.39 Å². The number of pyridine rings is 1. The molecule has 0 amide bonds. The Balaban J connectivity index is 1.73. The highest BCUT2D eigenvalue weighted by Crippen LogP contribution is 2.27. The number of hydrogen-bond acceptors (Lipinski definition) is 4. The molecule has 1 aliphatic rings. The lowest BCUT2D eigenvalue weighted by Gasteiger charge is -2.33. The number of carbonyl (C=O) groups is 1. The Kier molecular flexibility index (Phi) is 8.21. The van der Waals surface area contributed by atoms with Crippen molar-refractivity contribution in [3.05, 3.63) is 88.8 Å². The third-order valence-electron chi connectivity index (χ3n) is 5.29. The third kappa shape index (κ3) is 6.67. The number of aromatic nitrogens is 1. The quantitative estimate of drug-likeness (QED) is 0.559. The molecule has 0 unspecified atom stereocenters. The first-order chi connectivity index (χ1) is 15.1. The molecule has 6 heteroatoms. The Morgan fingerprint density at radius 3 is 2.87 bits per heavy atom. The summed E-state index contributed by atoms with van der Waals surface area (Å²) >= 11 is 0. The minimum absolute atomic E-state index is 0.0862. The molecule has 2 aromatic rings. The number of carboxylic acids is 1. The van der Waals surface area contributed by atoms with Crippen molar-refractivity contribution >= 4 is 5.97 Å². The van der Waals surface area contributed by atoms with Gasteiger partial charge in [0.1, 0.15) is 18.2 Å². The van der Waals surface area contributed by atoms with Gasteiger partial charge in [0.15, 0.2) is 0 Å². The highest BCUT2D eigenvalue weighted by Gasteiger charge is 2.19. The summed E-state index contributed by atoms with van der Waals surface area (Å²) in [6, 6.07) is 8.90. The molecule has 1 aliphatic heterocycles. The van der Waals surface area contributed by atoms with Crippen LogP contribution < -0.4 is 0 Å². The van der Waals surface area contributed by atoms with Crippen molar-refractivity contribution in [3.8, 4) is 0 Å². The SMILES string of the molecule is C/C=C\C(OCc1ccc(CCC(=O)O)c(F)c1)=C1/CCCCN1Cc1cccnc1. The Hall–Kier alpha value is -3.15. The number of allylic oxidation sites excluding steroid dienone is 3. The first kappa shape index (κ1) is 22.5. The molecule has 1 fully saturated rings. The number of piperidine rings is 1. The number of likely N-dealkylation sites (tertiary alicyclic amines) is 1. The lowest BCUT2D eigenvalue weighted by molar-refractivity contribution is -0.136. The van der Waals surface area contributed by atoms with Gasteiger partial charge in [0.2, 0.25) is 0 Å². The van der Waals surface area contributed by atoms with Gasteiger partial charge in [-0.05, 0) is 67.5 Å². The Labute approximate surface area is 182 Å². The highest BCUT2D eigenvalue weighted by molar-refractivity contribution is 5.67. The lowest BCUT2D eigenvalue weighted by atomic mass is 10.0. The maximum absolute atomic E-state index is 14.3. The number of nitrogens with zero attached hydrogens (tertiary/aromatic N) is 2. The number of aryl methyl sites for hydroxylation is 1. The van der Waals surface area contributed by atoms with Crippen molar-refractivity contribution in [2.24, 2.45) is 0 Å². The molecule has 0 spiro atoms. The van der Waals surface area contributed by atoms with Crippen LogP contribution in [0.25, 0.3) is 0 Å². The first-order valence-electron chi connectivity index (χ1n) is 10.7. The summed E-state index contributed by atoms with van der Waals surface area (Å²) in [5, 5.41) is 8.79. The second-order valence-corrected chi connectivity index (χ2v) is 7.66. The predicted molar refractivity (Wildman–Crippen MR) is 117 cm³/mol. The molecule has 1 N–H and O–H groups in total. The Bertz CT molecular complexity index is 941. The standard InChI is InChI=1S/C25H29FN2O3/c1-2-6-24(23-8-3-4-14-28(23)17-20-7-5-13-27-16-20)31-18-19-9-10-21(22(26)15-19)11-12-25(29)30/h2,5-7,9-10,13,15-16H,3-4,8,11-12,14,17-18H2,1H3,(H,29,30)/b6-2-,24-23-. The van der Waals surface area contributed by atoms with Crippen LogP contribution in [0.2, 0.25) is 0 Å². The summed E-state index contributed by atoms with van der Waals surface area (Å²) in [5.41, 5.74) is 3.44. The zero-order valence-corrected chi connectivity index (χ0v) is 17.9. The maximum atomic E-state index is 14.3. The normalized spacial score (nSPS) is 15.9. The van der Waals surface area contributed by atoms with Gasteiger partial charge >= 0.3 is 5.97 Å². The van der Waals surface area contributed by atoms with E-state index < -0.39 is 11.8 Å². The van der Waals surface area contributed by atoms with E-state index in [1.54, 1.807) is 18.3 Å². The molecule has 5 nitrogen and oxygen atoms in total. The van der Waals surface area contributed by atoms with E-state index >= 15 is 0 Å². The second-order valence-electron chi connectivity index (χ2n) is 7.66. The van der Waals surface area contributed by atoms with Crippen molar-refractivity contribution < 1.29 is 19.0 Å². The van der Waals surface area contributed by atoms with Gasteiger partial charge in [0.05, 0.1) is 5.70 Å². The van der Waals surface area contributed by atoms with Crippen LogP contribution in [-0.4, -0.2) is 27.5 Å². The molecule has 0 radical (unpaired) electrons.